The molecule has 0 amide bonds. The first-order valence-electron chi connectivity index (χ1n) is 6.58. The Hall–Kier alpha value is -1.82. The van der Waals surface area contributed by atoms with Crippen LogP contribution in [0.2, 0.25) is 5.02 Å². The number of halogens is 1. The van der Waals surface area contributed by atoms with Gasteiger partial charge in [0.1, 0.15) is 0 Å². The van der Waals surface area contributed by atoms with Gasteiger partial charge in [-0.1, -0.05) is 29.8 Å². The number of nitriles is 1. The number of nitrogens with one attached hydrogen (secondary N) is 1. The largest absolute Gasteiger partial charge is 0.306 e. The van der Waals surface area contributed by atoms with Crippen LogP contribution in [-0.2, 0) is 6.54 Å². The molecule has 0 aliphatic heterocycles. The topological polar surface area (TPSA) is 35.8 Å². The van der Waals surface area contributed by atoms with Crippen molar-refractivity contribution in [1.82, 2.24) is 5.32 Å². The second-order valence-electron chi connectivity index (χ2n) is 4.91. The number of hydrogen-bond donors (Lipinski definition) is 1. The molecular formula is C17H17ClN2. The number of rotatable bonds is 4. The van der Waals surface area contributed by atoms with E-state index in [1.165, 1.54) is 11.1 Å². The minimum atomic E-state index is 0.226. The van der Waals surface area contributed by atoms with Crippen LogP contribution >= 0.6 is 11.6 Å². The maximum absolute atomic E-state index is 8.87. The Morgan fingerprint density at radius 1 is 1.25 bits per heavy atom. The highest BCUT2D eigenvalue weighted by Gasteiger charge is 2.06. The normalized spacial score (nSPS) is 11.9. The molecule has 0 saturated heterocycles. The Morgan fingerprint density at radius 3 is 2.70 bits per heavy atom. The zero-order chi connectivity index (χ0) is 14.5. The number of benzene rings is 2. The van der Waals surface area contributed by atoms with Gasteiger partial charge in [-0.2, -0.15) is 5.26 Å². The Balaban J connectivity index is 2.04. The van der Waals surface area contributed by atoms with E-state index in [2.05, 4.69) is 24.4 Å². The van der Waals surface area contributed by atoms with Gasteiger partial charge < -0.3 is 5.32 Å². The quantitative estimate of drug-likeness (QED) is 0.905. The molecule has 1 unspecified atom stereocenters. The molecule has 2 nitrogen and oxygen atoms in total. The van der Waals surface area contributed by atoms with Crippen molar-refractivity contribution >= 4 is 11.6 Å². The first-order chi connectivity index (χ1) is 9.60. The van der Waals surface area contributed by atoms with Gasteiger partial charge >= 0.3 is 0 Å². The van der Waals surface area contributed by atoms with Gasteiger partial charge in [-0.15, -0.1) is 0 Å². The molecule has 0 fully saturated rings. The van der Waals surface area contributed by atoms with Crippen LogP contribution in [0.5, 0.6) is 0 Å². The number of nitrogens with zero attached hydrogens (tertiary/aromatic N) is 1. The van der Waals surface area contributed by atoms with Gasteiger partial charge in [0.05, 0.1) is 11.6 Å². The van der Waals surface area contributed by atoms with Crippen LogP contribution in [-0.4, -0.2) is 0 Å². The van der Waals surface area contributed by atoms with Crippen molar-refractivity contribution in [1.29, 1.82) is 5.26 Å². The van der Waals surface area contributed by atoms with Crippen molar-refractivity contribution in [3.05, 3.63) is 69.7 Å². The summed E-state index contributed by atoms with van der Waals surface area (Å²) in [6.07, 6.45) is 0. The van der Waals surface area contributed by atoms with E-state index in [9.17, 15) is 0 Å². The fourth-order valence-electron chi connectivity index (χ4n) is 2.12. The minimum absolute atomic E-state index is 0.226. The van der Waals surface area contributed by atoms with E-state index >= 15 is 0 Å². The molecule has 3 heteroatoms. The molecular weight excluding hydrogens is 268 g/mol. The molecule has 102 valence electrons. The van der Waals surface area contributed by atoms with Crippen molar-refractivity contribution in [3.63, 3.8) is 0 Å². The number of aryl methyl sites for hydroxylation is 1. The van der Waals surface area contributed by atoms with Crippen LogP contribution in [0, 0.1) is 18.3 Å². The monoisotopic (exact) mass is 284 g/mol. The first-order valence-corrected chi connectivity index (χ1v) is 6.96. The Bertz CT molecular complexity index is 644. The van der Waals surface area contributed by atoms with Gasteiger partial charge in [0, 0.05) is 17.6 Å². The van der Waals surface area contributed by atoms with E-state index in [4.69, 9.17) is 16.9 Å². The third kappa shape index (κ3) is 3.60. The zero-order valence-electron chi connectivity index (χ0n) is 11.7. The van der Waals surface area contributed by atoms with E-state index < -0.39 is 0 Å². The lowest BCUT2D eigenvalue weighted by Gasteiger charge is -2.15. The molecule has 2 rings (SSSR count). The fourth-order valence-corrected chi connectivity index (χ4v) is 2.32. The standard InChI is InChI=1S/C17H17ClN2/c1-12-8-14(10-19)6-7-16(12)11-20-13(2)15-4-3-5-17(18)9-15/h3-9,13,20H,11H2,1-2H3. The molecule has 1 N–H and O–H groups in total. The highest BCUT2D eigenvalue weighted by Crippen LogP contribution is 2.18. The second-order valence-corrected chi connectivity index (χ2v) is 5.35. The minimum Gasteiger partial charge on any atom is -0.306 e. The van der Waals surface area contributed by atoms with Gasteiger partial charge in [0.25, 0.3) is 0 Å². The molecule has 0 aliphatic rings. The smallest absolute Gasteiger partial charge is 0.0991 e. The summed E-state index contributed by atoms with van der Waals surface area (Å²) in [5.41, 5.74) is 4.21. The summed E-state index contributed by atoms with van der Waals surface area (Å²) in [6.45, 7) is 4.91. The van der Waals surface area contributed by atoms with Crippen molar-refractivity contribution in [3.8, 4) is 6.07 Å². The van der Waals surface area contributed by atoms with Crippen LogP contribution < -0.4 is 5.32 Å². The van der Waals surface area contributed by atoms with E-state index in [0.29, 0.717) is 5.56 Å². The molecule has 0 radical (unpaired) electrons. The maximum Gasteiger partial charge on any atom is 0.0991 e. The lowest BCUT2D eigenvalue weighted by Crippen LogP contribution is -2.18. The highest BCUT2D eigenvalue weighted by molar-refractivity contribution is 6.30. The molecule has 0 saturated carbocycles. The Labute approximate surface area is 125 Å². The van der Waals surface area contributed by atoms with E-state index in [0.717, 1.165) is 17.1 Å². The van der Waals surface area contributed by atoms with Crippen LogP contribution in [0.3, 0.4) is 0 Å². The average Bonchev–Trinajstić information content (AvgIpc) is 2.45. The summed E-state index contributed by atoms with van der Waals surface area (Å²) in [5, 5.41) is 13.1. The molecule has 0 aliphatic carbocycles. The molecule has 1 atom stereocenters. The molecule has 0 heterocycles. The average molecular weight is 285 g/mol. The SMILES string of the molecule is Cc1cc(C#N)ccc1CNC(C)c1cccc(Cl)c1. The van der Waals surface area contributed by atoms with E-state index in [-0.39, 0.29) is 6.04 Å². The van der Waals surface area contributed by atoms with Crippen molar-refractivity contribution < 1.29 is 0 Å². The molecule has 20 heavy (non-hydrogen) atoms. The summed E-state index contributed by atoms with van der Waals surface area (Å²) in [5.74, 6) is 0. The second kappa shape index (κ2) is 6.56. The van der Waals surface area contributed by atoms with Crippen LogP contribution in [0.1, 0.15) is 35.2 Å². The van der Waals surface area contributed by atoms with Gasteiger partial charge in [-0.05, 0) is 54.8 Å². The third-order valence-corrected chi connectivity index (χ3v) is 3.65. The van der Waals surface area contributed by atoms with Gasteiger partial charge in [0.2, 0.25) is 0 Å². The molecule has 0 bridgehead atoms. The summed E-state index contributed by atoms with van der Waals surface area (Å²) >= 11 is 6.01. The summed E-state index contributed by atoms with van der Waals surface area (Å²) in [6, 6.07) is 16.0. The highest BCUT2D eigenvalue weighted by atomic mass is 35.5. The fraction of sp³-hybridized carbons (Fsp3) is 0.235. The summed E-state index contributed by atoms with van der Waals surface area (Å²) < 4.78 is 0. The van der Waals surface area contributed by atoms with E-state index in [1.807, 2.05) is 43.3 Å². The van der Waals surface area contributed by atoms with Crippen LogP contribution in [0.4, 0.5) is 0 Å². The van der Waals surface area contributed by atoms with Gasteiger partial charge in [0.15, 0.2) is 0 Å². The molecule has 0 spiro atoms. The lowest BCUT2D eigenvalue weighted by atomic mass is 10.0. The van der Waals surface area contributed by atoms with Gasteiger partial charge in [-0.25, -0.2) is 0 Å². The lowest BCUT2D eigenvalue weighted by molar-refractivity contribution is 0.573. The van der Waals surface area contributed by atoms with E-state index in [1.54, 1.807) is 0 Å². The third-order valence-electron chi connectivity index (χ3n) is 3.42. The summed E-state index contributed by atoms with van der Waals surface area (Å²) in [7, 11) is 0. The van der Waals surface area contributed by atoms with Crippen molar-refractivity contribution in [2.45, 2.75) is 26.4 Å². The van der Waals surface area contributed by atoms with Crippen molar-refractivity contribution in [2.75, 3.05) is 0 Å². The first kappa shape index (κ1) is 14.6. The predicted octanol–water partition coefficient (Wildman–Crippen LogP) is 4.37. The van der Waals surface area contributed by atoms with Crippen LogP contribution in [0.25, 0.3) is 0 Å². The van der Waals surface area contributed by atoms with Crippen LogP contribution in [0.15, 0.2) is 42.5 Å². The Kier molecular flexibility index (Phi) is 4.79. The maximum atomic E-state index is 8.87. The number of hydrogen-bond acceptors (Lipinski definition) is 2. The molecule has 2 aromatic rings. The van der Waals surface area contributed by atoms with Gasteiger partial charge in [-0.3, -0.25) is 0 Å². The Morgan fingerprint density at radius 2 is 2.05 bits per heavy atom. The summed E-state index contributed by atoms with van der Waals surface area (Å²) in [4.78, 5) is 0. The predicted molar refractivity (Wildman–Crippen MR) is 82.6 cm³/mol. The van der Waals surface area contributed by atoms with Crippen molar-refractivity contribution in [2.24, 2.45) is 0 Å². The molecule has 0 aromatic heterocycles. The molecule has 2 aromatic carbocycles. The zero-order valence-corrected chi connectivity index (χ0v) is 12.4.